The maximum Gasteiger partial charge on any atom is 0.167 e. The molecule has 0 saturated carbocycles. The molecule has 0 bridgehead atoms. The van der Waals surface area contributed by atoms with Crippen LogP contribution in [0.2, 0.25) is 0 Å². The molecule has 3 rings (SSSR count). The number of rotatable bonds is 3. The quantitative estimate of drug-likeness (QED) is 0.866. The minimum absolute atomic E-state index is 0.139. The predicted octanol–water partition coefficient (Wildman–Crippen LogP) is 3.59. The van der Waals surface area contributed by atoms with Gasteiger partial charge in [0.25, 0.3) is 0 Å². The van der Waals surface area contributed by atoms with Crippen molar-refractivity contribution in [3.63, 3.8) is 0 Å². The Morgan fingerprint density at radius 3 is 2.85 bits per heavy atom. The highest BCUT2D eigenvalue weighted by atomic mass is 16.1. The van der Waals surface area contributed by atoms with Crippen molar-refractivity contribution in [3.05, 3.63) is 47.7 Å². The molecule has 0 amide bonds. The number of hydrogen-bond donors (Lipinski definition) is 1. The van der Waals surface area contributed by atoms with Gasteiger partial charge in [-0.05, 0) is 18.9 Å². The van der Waals surface area contributed by atoms with E-state index in [1.165, 1.54) is 5.56 Å². The molecule has 4 heteroatoms. The third-order valence-electron chi connectivity index (χ3n) is 3.92. The van der Waals surface area contributed by atoms with E-state index < -0.39 is 0 Å². The summed E-state index contributed by atoms with van der Waals surface area (Å²) in [6.45, 7) is 4.03. The minimum Gasteiger partial charge on any atom is -0.363 e. The Hall–Kier alpha value is -2.10. The van der Waals surface area contributed by atoms with Crippen LogP contribution in [0.1, 0.15) is 54.7 Å². The molecule has 1 aliphatic heterocycles. The molecule has 0 spiro atoms. The predicted molar refractivity (Wildman–Crippen MR) is 79.0 cm³/mol. The van der Waals surface area contributed by atoms with Gasteiger partial charge in [0, 0.05) is 6.42 Å². The molecule has 2 unspecified atom stereocenters. The molecule has 1 aromatic heterocycles. The summed E-state index contributed by atoms with van der Waals surface area (Å²) >= 11 is 0. The van der Waals surface area contributed by atoms with E-state index in [4.69, 9.17) is 0 Å². The first-order chi connectivity index (χ1) is 9.70. The van der Waals surface area contributed by atoms with Gasteiger partial charge in [-0.25, -0.2) is 4.68 Å². The standard InChI is InChI=1S/C16H19N3O/c1-3-15(20)13-10-17-19-11(2)9-14(18-16(13)19)12-7-5-4-6-8-12/h4-8,10-11,14,18H,3,9H2,1-2H3. The largest absolute Gasteiger partial charge is 0.363 e. The Labute approximate surface area is 118 Å². The van der Waals surface area contributed by atoms with Crippen LogP contribution in [-0.4, -0.2) is 15.6 Å². The van der Waals surface area contributed by atoms with Crippen molar-refractivity contribution in [1.29, 1.82) is 0 Å². The van der Waals surface area contributed by atoms with E-state index >= 15 is 0 Å². The van der Waals surface area contributed by atoms with E-state index in [9.17, 15) is 4.79 Å². The first kappa shape index (κ1) is 12.9. The van der Waals surface area contributed by atoms with Gasteiger partial charge in [-0.15, -0.1) is 0 Å². The number of benzene rings is 1. The number of carbonyl (C=O) groups is 1. The monoisotopic (exact) mass is 269 g/mol. The summed E-state index contributed by atoms with van der Waals surface area (Å²) in [6, 6.07) is 10.9. The average molecular weight is 269 g/mol. The number of Topliss-reactive ketones (excluding diaryl/α,β-unsaturated/α-hetero) is 1. The zero-order valence-electron chi connectivity index (χ0n) is 11.8. The van der Waals surface area contributed by atoms with Crippen LogP contribution in [0.4, 0.5) is 5.82 Å². The second-order valence-electron chi connectivity index (χ2n) is 5.32. The van der Waals surface area contributed by atoms with Crippen LogP contribution in [-0.2, 0) is 0 Å². The summed E-state index contributed by atoms with van der Waals surface area (Å²) in [4.78, 5) is 12.0. The fourth-order valence-electron chi connectivity index (χ4n) is 2.80. The smallest absolute Gasteiger partial charge is 0.167 e. The first-order valence-electron chi connectivity index (χ1n) is 7.13. The number of nitrogens with zero attached hydrogens (tertiary/aromatic N) is 2. The van der Waals surface area contributed by atoms with Gasteiger partial charge in [0.1, 0.15) is 5.82 Å². The van der Waals surface area contributed by atoms with Gasteiger partial charge in [0.05, 0.1) is 23.8 Å². The van der Waals surface area contributed by atoms with Gasteiger partial charge in [0.2, 0.25) is 0 Å². The molecule has 4 nitrogen and oxygen atoms in total. The van der Waals surface area contributed by atoms with Crippen LogP contribution in [0.15, 0.2) is 36.5 Å². The van der Waals surface area contributed by atoms with Gasteiger partial charge in [-0.1, -0.05) is 37.3 Å². The highest BCUT2D eigenvalue weighted by Crippen LogP contribution is 2.36. The summed E-state index contributed by atoms with van der Waals surface area (Å²) in [7, 11) is 0. The average Bonchev–Trinajstić information content (AvgIpc) is 2.92. The normalized spacial score (nSPS) is 21.1. The van der Waals surface area contributed by atoms with Crippen LogP contribution in [0.25, 0.3) is 0 Å². The van der Waals surface area contributed by atoms with Crippen molar-refractivity contribution < 1.29 is 4.79 Å². The number of carbonyl (C=O) groups excluding carboxylic acids is 1. The maximum absolute atomic E-state index is 12.0. The Kier molecular flexibility index (Phi) is 3.30. The Balaban J connectivity index is 1.97. The van der Waals surface area contributed by atoms with Crippen LogP contribution in [0.3, 0.4) is 0 Å². The van der Waals surface area contributed by atoms with Crippen LogP contribution in [0, 0.1) is 0 Å². The van der Waals surface area contributed by atoms with Crippen LogP contribution < -0.4 is 5.32 Å². The lowest BCUT2D eigenvalue weighted by molar-refractivity contribution is 0.0988. The summed E-state index contributed by atoms with van der Waals surface area (Å²) in [6.07, 6.45) is 3.17. The summed E-state index contributed by atoms with van der Waals surface area (Å²) < 4.78 is 1.93. The van der Waals surface area contributed by atoms with E-state index in [0.717, 1.165) is 12.2 Å². The second-order valence-corrected chi connectivity index (χ2v) is 5.32. The number of nitrogens with one attached hydrogen (secondary N) is 1. The van der Waals surface area contributed by atoms with E-state index in [1.54, 1.807) is 6.20 Å². The van der Waals surface area contributed by atoms with Crippen LogP contribution >= 0.6 is 0 Å². The van der Waals surface area contributed by atoms with Crippen molar-refractivity contribution in [2.75, 3.05) is 5.32 Å². The van der Waals surface area contributed by atoms with Gasteiger partial charge < -0.3 is 5.32 Å². The Morgan fingerprint density at radius 2 is 2.15 bits per heavy atom. The SMILES string of the molecule is CCC(=O)c1cnn2c1NC(c1ccccc1)CC2C. The number of fused-ring (bicyclic) bond motifs is 1. The zero-order valence-corrected chi connectivity index (χ0v) is 11.8. The third-order valence-corrected chi connectivity index (χ3v) is 3.92. The number of aromatic nitrogens is 2. The molecular formula is C16H19N3O. The molecule has 2 heterocycles. The molecule has 0 radical (unpaired) electrons. The van der Waals surface area contributed by atoms with Gasteiger partial charge in [-0.3, -0.25) is 4.79 Å². The first-order valence-corrected chi connectivity index (χ1v) is 7.13. The van der Waals surface area contributed by atoms with E-state index in [-0.39, 0.29) is 17.9 Å². The maximum atomic E-state index is 12.0. The van der Waals surface area contributed by atoms with E-state index in [1.807, 2.05) is 29.8 Å². The molecule has 0 aliphatic carbocycles. The Bertz CT molecular complexity index is 618. The fraction of sp³-hybridized carbons (Fsp3) is 0.375. The summed E-state index contributed by atoms with van der Waals surface area (Å²) in [5.41, 5.74) is 1.96. The molecule has 0 fully saturated rings. The molecular weight excluding hydrogens is 250 g/mol. The summed E-state index contributed by atoms with van der Waals surface area (Å²) in [5, 5.41) is 7.86. The van der Waals surface area contributed by atoms with Gasteiger partial charge in [-0.2, -0.15) is 5.10 Å². The lowest BCUT2D eigenvalue weighted by atomic mass is 9.97. The number of anilines is 1. The third kappa shape index (κ3) is 2.11. The van der Waals surface area contributed by atoms with Gasteiger partial charge >= 0.3 is 0 Å². The van der Waals surface area contributed by atoms with Crippen molar-refractivity contribution >= 4 is 11.6 Å². The summed E-state index contributed by atoms with van der Waals surface area (Å²) in [5.74, 6) is 1.00. The van der Waals surface area contributed by atoms with Gasteiger partial charge in [0.15, 0.2) is 5.78 Å². The highest BCUT2D eigenvalue weighted by Gasteiger charge is 2.28. The molecule has 1 aromatic carbocycles. The lowest BCUT2D eigenvalue weighted by Gasteiger charge is -2.31. The van der Waals surface area contributed by atoms with Crippen molar-refractivity contribution in [1.82, 2.24) is 9.78 Å². The van der Waals surface area contributed by atoms with Crippen molar-refractivity contribution in [2.45, 2.75) is 38.8 Å². The van der Waals surface area contributed by atoms with E-state index in [2.05, 4.69) is 29.5 Å². The molecule has 1 aliphatic rings. The molecule has 1 N–H and O–H groups in total. The fourth-order valence-corrected chi connectivity index (χ4v) is 2.80. The van der Waals surface area contributed by atoms with E-state index in [0.29, 0.717) is 12.0 Å². The number of ketones is 1. The molecule has 2 atom stereocenters. The molecule has 2 aromatic rings. The van der Waals surface area contributed by atoms with Crippen LogP contribution in [0.5, 0.6) is 0 Å². The van der Waals surface area contributed by atoms with Crippen molar-refractivity contribution in [2.24, 2.45) is 0 Å². The molecule has 0 saturated heterocycles. The molecule has 104 valence electrons. The highest BCUT2D eigenvalue weighted by molar-refractivity contribution is 6.00. The minimum atomic E-state index is 0.139. The zero-order chi connectivity index (χ0) is 14.1. The Morgan fingerprint density at radius 1 is 1.40 bits per heavy atom. The van der Waals surface area contributed by atoms with Crippen molar-refractivity contribution in [3.8, 4) is 0 Å². The lowest BCUT2D eigenvalue weighted by Crippen LogP contribution is -2.26. The number of hydrogen-bond acceptors (Lipinski definition) is 3. The second kappa shape index (κ2) is 5.12. The molecule has 20 heavy (non-hydrogen) atoms. The topological polar surface area (TPSA) is 46.9 Å².